The van der Waals surface area contributed by atoms with Gasteiger partial charge >= 0.3 is 0 Å². The van der Waals surface area contributed by atoms with Crippen LogP contribution in [0.25, 0.3) is 0 Å². The Bertz CT molecular complexity index is 234. The summed E-state index contributed by atoms with van der Waals surface area (Å²) in [4.78, 5) is 0. The molecule has 2 aliphatic carbocycles. The van der Waals surface area contributed by atoms with Crippen molar-refractivity contribution in [2.75, 3.05) is 0 Å². The molecule has 0 heteroatoms. The van der Waals surface area contributed by atoms with Crippen LogP contribution in [0.1, 0.15) is 39.5 Å². The van der Waals surface area contributed by atoms with Gasteiger partial charge in [-0.15, -0.1) is 0 Å². The first-order valence-electron chi connectivity index (χ1n) is 5.63. The van der Waals surface area contributed by atoms with Crippen molar-refractivity contribution in [2.24, 2.45) is 17.8 Å². The fourth-order valence-corrected chi connectivity index (χ4v) is 2.97. The van der Waals surface area contributed by atoms with Gasteiger partial charge in [0.25, 0.3) is 0 Å². The highest BCUT2D eigenvalue weighted by Crippen LogP contribution is 2.45. The van der Waals surface area contributed by atoms with Crippen LogP contribution < -0.4 is 0 Å². The number of rotatable bonds is 3. The molecular weight excluding hydrogens is 156 g/mol. The zero-order chi connectivity index (χ0) is 9.26. The van der Waals surface area contributed by atoms with Gasteiger partial charge in [0.1, 0.15) is 0 Å². The lowest BCUT2D eigenvalue weighted by molar-refractivity contribution is 0.444. The summed E-state index contributed by atoms with van der Waals surface area (Å²) in [6.45, 7) is 4.52. The third kappa shape index (κ3) is 1.87. The molecule has 0 aromatic heterocycles. The van der Waals surface area contributed by atoms with Crippen LogP contribution in [0.4, 0.5) is 0 Å². The molecule has 0 amide bonds. The zero-order valence-corrected chi connectivity index (χ0v) is 8.79. The lowest BCUT2D eigenvalue weighted by atomic mass is 9.88. The molecule has 0 aromatic carbocycles. The monoisotopic (exact) mass is 176 g/mol. The van der Waals surface area contributed by atoms with E-state index in [1.54, 1.807) is 5.57 Å². The molecule has 0 nitrogen and oxygen atoms in total. The van der Waals surface area contributed by atoms with Crippen LogP contribution in [-0.2, 0) is 0 Å². The van der Waals surface area contributed by atoms with Crippen LogP contribution in [-0.4, -0.2) is 0 Å². The third-order valence-electron chi connectivity index (χ3n) is 3.55. The van der Waals surface area contributed by atoms with Gasteiger partial charge in [-0.2, -0.15) is 0 Å². The van der Waals surface area contributed by atoms with Gasteiger partial charge in [0, 0.05) is 0 Å². The summed E-state index contributed by atoms with van der Waals surface area (Å²) in [5.74, 6) is 2.83. The maximum absolute atomic E-state index is 2.46. The Kier molecular flexibility index (Phi) is 2.57. The summed E-state index contributed by atoms with van der Waals surface area (Å²) in [7, 11) is 0. The van der Waals surface area contributed by atoms with Gasteiger partial charge in [-0.05, 0) is 50.4 Å². The zero-order valence-electron chi connectivity index (χ0n) is 8.79. The van der Waals surface area contributed by atoms with Crippen LogP contribution in [0, 0.1) is 17.8 Å². The molecule has 0 aliphatic heterocycles. The molecule has 2 rings (SSSR count). The fraction of sp³-hybridized carbons (Fsp3) is 0.692. The molecule has 3 unspecified atom stereocenters. The van der Waals surface area contributed by atoms with E-state index in [-0.39, 0.29) is 0 Å². The van der Waals surface area contributed by atoms with E-state index >= 15 is 0 Å². The highest BCUT2D eigenvalue weighted by molar-refractivity contribution is 5.13. The van der Waals surface area contributed by atoms with Crippen LogP contribution in [0.3, 0.4) is 0 Å². The Hall–Kier alpha value is -0.520. The SMILES string of the molecule is CCC=C(C)CC1CC2C=CC1C2. The van der Waals surface area contributed by atoms with E-state index in [9.17, 15) is 0 Å². The van der Waals surface area contributed by atoms with E-state index in [0.29, 0.717) is 0 Å². The van der Waals surface area contributed by atoms with Gasteiger partial charge in [-0.25, -0.2) is 0 Å². The molecule has 1 fully saturated rings. The maximum Gasteiger partial charge on any atom is -0.0196 e. The van der Waals surface area contributed by atoms with Crippen molar-refractivity contribution in [3.63, 3.8) is 0 Å². The molecule has 0 spiro atoms. The summed E-state index contributed by atoms with van der Waals surface area (Å²) in [5, 5.41) is 0. The first-order chi connectivity index (χ1) is 6.29. The molecule has 0 aromatic rings. The molecule has 1 saturated carbocycles. The minimum absolute atomic E-state index is 0.921. The van der Waals surface area contributed by atoms with Gasteiger partial charge in [0.05, 0.1) is 0 Å². The topological polar surface area (TPSA) is 0 Å². The van der Waals surface area contributed by atoms with Crippen LogP contribution >= 0.6 is 0 Å². The Morgan fingerprint density at radius 3 is 2.77 bits per heavy atom. The standard InChI is InChI=1S/C13H20/c1-3-4-10(2)7-13-9-11-5-6-12(13)8-11/h4-6,11-13H,3,7-9H2,1-2H3. The highest BCUT2D eigenvalue weighted by atomic mass is 14.4. The largest absolute Gasteiger partial charge is 0.0859 e. The first-order valence-corrected chi connectivity index (χ1v) is 5.63. The van der Waals surface area contributed by atoms with Gasteiger partial charge < -0.3 is 0 Å². The minimum Gasteiger partial charge on any atom is -0.0859 e. The van der Waals surface area contributed by atoms with E-state index < -0.39 is 0 Å². The van der Waals surface area contributed by atoms with Crippen molar-refractivity contribution in [3.05, 3.63) is 23.8 Å². The van der Waals surface area contributed by atoms with E-state index in [1.165, 1.54) is 25.7 Å². The van der Waals surface area contributed by atoms with E-state index in [2.05, 4.69) is 32.1 Å². The Balaban J connectivity index is 1.90. The Morgan fingerprint density at radius 1 is 1.38 bits per heavy atom. The van der Waals surface area contributed by atoms with Crippen molar-refractivity contribution in [1.29, 1.82) is 0 Å². The van der Waals surface area contributed by atoms with Crippen molar-refractivity contribution >= 4 is 0 Å². The fourth-order valence-electron chi connectivity index (χ4n) is 2.97. The lowest BCUT2D eigenvalue weighted by Crippen LogP contribution is -2.07. The number of hydrogen-bond acceptors (Lipinski definition) is 0. The number of fused-ring (bicyclic) bond motifs is 2. The molecule has 0 heterocycles. The molecule has 0 N–H and O–H groups in total. The molecule has 0 saturated heterocycles. The Morgan fingerprint density at radius 2 is 2.23 bits per heavy atom. The highest BCUT2D eigenvalue weighted by Gasteiger charge is 2.35. The normalized spacial score (nSPS) is 37.4. The van der Waals surface area contributed by atoms with Crippen LogP contribution in [0.2, 0.25) is 0 Å². The van der Waals surface area contributed by atoms with E-state index in [0.717, 1.165) is 17.8 Å². The predicted octanol–water partition coefficient (Wildman–Crippen LogP) is 3.95. The molecule has 72 valence electrons. The molecule has 0 radical (unpaired) electrons. The summed E-state index contributed by atoms with van der Waals surface area (Å²) in [6.07, 6.45) is 12.7. The Labute approximate surface area is 81.7 Å². The first kappa shape index (κ1) is 9.05. The maximum atomic E-state index is 2.46. The molecule has 2 bridgehead atoms. The van der Waals surface area contributed by atoms with Crippen molar-refractivity contribution in [3.8, 4) is 0 Å². The van der Waals surface area contributed by atoms with Gasteiger partial charge in [0.2, 0.25) is 0 Å². The van der Waals surface area contributed by atoms with Crippen molar-refractivity contribution in [1.82, 2.24) is 0 Å². The number of allylic oxidation sites excluding steroid dienone is 4. The second kappa shape index (κ2) is 3.69. The van der Waals surface area contributed by atoms with Crippen molar-refractivity contribution < 1.29 is 0 Å². The van der Waals surface area contributed by atoms with Crippen LogP contribution in [0.5, 0.6) is 0 Å². The number of hydrogen-bond donors (Lipinski definition) is 0. The molecule has 2 aliphatic rings. The summed E-state index contributed by atoms with van der Waals surface area (Å²) in [5.41, 5.74) is 1.61. The molecule has 13 heavy (non-hydrogen) atoms. The summed E-state index contributed by atoms with van der Waals surface area (Å²) >= 11 is 0. The van der Waals surface area contributed by atoms with Gasteiger partial charge in [-0.1, -0.05) is 30.7 Å². The summed E-state index contributed by atoms with van der Waals surface area (Å²) in [6, 6.07) is 0. The quantitative estimate of drug-likeness (QED) is 0.571. The lowest BCUT2D eigenvalue weighted by Gasteiger charge is -2.18. The molecular formula is C13H20. The second-order valence-electron chi connectivity index (χ2n) is 4.70. The molecule has 3 atom stereocenters. The van der Waals surface area contributed by atoms with E-state index in [1.807, 2.05) is 0 Å². The van der Waals surface area contributed by atoms with Gasteiger partial charge in [-0.3, -0.25) is 0 Å². The van der Waals surface area contributed by atoms with E-state index in [4.69, 9.17) is 0 Å². The van der Waals surface area contributed by atoms with Gasteiger partial charge in [0.15, 0.2) is 0 Å². The predicted molar refractivity (Wildman–Crippen MR) is 57.5 cm³/mol. The smallest absolute Gasteiger partial charge is 0.0196 e. The minimum atomic E-state index is 0.921. The van der Waals surface area contributed by atoms with Crippen LogP contribution in [0.15, 0.2) is 23.8 Å². The second-order valence-corrected chi connectivity index (χ2v) is 4.70. The van der Waals surface area contributed by atoms with Crippen molar-refractivity contribution in [2.45, 2.75) is 39.5 Å². The average molecular weight is 176 g/mol. The summed E-state index contributed by atoms with van der Waals surface area (Å²) < 4.78 is 0. The third-order valence-corrected chi connectivity index (χ3v) is 3.55. The average Bonchev–Trinajstić information content (AvgIpc) is 2.65.